The van der Waals surface area contributed by atoms with Gasteiger partial charge in [-0.1, -0.05) is 0 Å². The van der Waals surface area contributed by atoms with Crippen molar-refractivity contribution in [2.24, 2.45) is 23.2 Å². The van der Waals surface area contributed by atoms with Crippen LogP contribution in [0.2, 0.25) is 0 Å². The number of hydrogen-bond acceptors (Lipinski definition) is 4. The minimum atomic E-state index is -0.507. The molecule has 27 heavy (non-hydrogen) atoms. The first-order valence-electron chi connectivity index (χ1n) is 10.6. The van der Waals surface area contributed by atoms with Crippen LogP contribution < -0.4 is 5.32 Å². The average Bonchev–Trinajstić information content (AvgIpc) is 2.57. The summed E-state index contributed by atoms with van der Waals surface area (Å²) < 4.78 is 5.49. The fourth-order valence-electron chi connectivity index (χ4n) is 6.20. The minimum Gasteiger partial charge on any atom is -0.444 e. The molecule has 6 nitrogen and oxygen atoms in total. The summed E-state index contributed by atoms with van der Waals surface area (Å²) in [6.07, 6.45) is 6.08. The van der Waals surface area contributed by atoms with Gasteiger partial charge in [0.2, 0.25) is 5.91 Å². The molecule has 5 aliphatic rings. The van der Waals surface area contributed by atoms with E-state index in [1.165, 1.54) is 0 Å². The molecule has 4 saturated carbocycles. The van der Waals surface area contributed by atoms with Crippen LogP contribution in [0.1, 0.15) is 65.7 Å². The predicted molar refractivity (Wildman–Crippen MR) is 101 cm³/mol. The van der Waals surface area contributed by atoms with Gasteiger partial charge in [0.1, 0.15) is 5.60 Å². The number of hydrogen-bond donors (Lipinski definition) is 2. The molecule has 2 amide bonds. The van der Waals surface area contributed by atoms with Crippen molar-refractivity contribution in [3.8, 4) is 0 Å². The van der Waals surface area contributed by atoms with Crippen LogP contribution in [0.4, 0.5) is 4.79 Å². The first-order chi connectivity index (χ1) is 12.7. The molecule has 5 rings (SSSR count). The van der Waals surface area contributed by atoms with Crippen molar-refractivity contribution < 1.29 is 19.4 Å². The van der Waals surface area contributed by atoms with Crippen LogP contribution >= 0.6 is 0 Å². The molecule has 1 aliphatic heterocycles. The van der Waals surface area contributed by atoms with Crippen LogP contribution in [-0.4, -0.2) is 52.8 Å². The second-order valence-corrected chi connectivity index (χ2v) is 10.5. The van der Waals surface area contributed by atoms with Gasteiger partial charge >= 0.3 is 6.09 Å². The second-order valence-electron chi connectivity index (χ2n) is 10.5. The van der Waals surface area contributed by atoms with Crippen LogP contribution in [0.25, 0.3) is 0 Å². The van der Waals surface area contributed by atoms with Crippen LogP contribution in [0.5, 0.6) is 0 Å². The van der Waals surface area contributed by atoms with Gasteiger partial charge in [0, 0.05) is 19.1 Å². The lowest BCUT2D eigenvalue weighted by molar-refractivity contribution is -0.164. The molecule has 6 heteroatoms. The van der Waals surface area contributed by atoms with Crippen molar-refractivity contribution in [3.05, 3.63) is 0 Å². The van der Waals surface area contributed by atoms with E-state index in [9.17, 15) is 14.7 Å². The normalized spacial score (nSPS) is 40.7. The highest BCUT2D eigenvalue weighted by Crippen LogP contribution is 2.60. The molecule has 3 atom stereocenters. The largest absolute Gasteiger partial charge is 0.444 e. The van der Waals surface area contributed by atoms with Crippen molar-refractivity contribution in [3.63, 3.8) is 0 Å². The number of nitrogens with one attached hydrogen (secondary N) is 1. The van der Waals surface area contributed by atoms with Crippen LogP contribution in [0.3, 0.4) is 0 Å². The van der Waals surface area contributed by atoms with E-state index in [2.05, 4.69) is 5.32 Å². The first-order valence-corrected chi connectivity index (χ1v) is 10.6. The number of rotatable bonds is 2. The molecule has 0 spiro atoms. The topological polar surface area (TPSA) is 78.9 Å². The smallest absolute Gasteiger partial charge is 0.410 e. The Bertz CT molecular complexity index is 598. The van der Waals surface area contributed by atoms with Crippen molar-refractivity contribution in [1.29, 1.82) is 0 Å². The molecule has 0 radical (unpaired) electrons. The van der Waals surface area contributed by atoms with E-state index >= 15 is 0 Å². The fourth-order valence-corrected chi connectivity index (χ4v) is 6.20. The van der Waals surface area contributed by atoms with Gasteiger partial charge in [0.25, 0.3) is 0 Å². The summed E-state index contributed by atoms with van der Waals surface area (Å²) in [6, 6.07) is -0.00306. The number of piperidine rings is 1. The number of carbonyl (C=O) groups is 2. The highest BCUT2D eigenvalue weighted by Gasteiger charge is 2.58. The molecule has 2 N–H and O–H groups in total. The Morgan fingerprint density at radius 3 is 2.44 bits per heavy atom. The standard InChI is InChI=1S/C21H34N2O4/c1-20(2,3)27-19(26)23-6-4-5-16(12-23)22-18(25)21-9-13-7-14(10-21)17(24)15(8-13)11-21/h13-17,24H,4-12H2,1-3H3,(H,22,25)/t13?,14?,15?,16-,17?,21?/m0/s1. The quantitative estimate of drug-likeness (QED) is 0.774. The van der Waals surface area contributed by atoms with E-state index in [4.69, 9.17) is 4.74 Å². The summed E-state index contributed by atoms with van der Waals surface area (Å²) in [5.41, 5.74) is -0.794. The maximum atomic E-state index is 13.2. The number of ether oxygens (including phenoxy) is 1. The average molecular weight is 379 g/mol. The number of aliphatic hydroxyl groups is 1. The van der Waals surface area contributed by atoms with Gasteiger partial charge < -0.3 is 20.1 Å². The SMILES string of the molecule is CC(C)(C)OC(=O)N1CCC[C@H](NC(=O)C23CC4CC(C2)C(O)C(C4)C3)C1. The molecule has 2 unspecified atom stereocenters. The molecule has 1 heterocycles. The second kappa shape index (κ2) is 6.64. The molecule has 0 aromatic heterocycles. The van der Waals surface area contributed by atoms with Gasteiger partial charge in [0.05, 0.1) is 11.5 Å². The number of likely N-dealkylation sites (tertiary alicyclic amines) is 1. The number of aliphatic hydroxyl groups excluding tert-OH is 1. The molecule has 5 fully saturated rings. The minimum absolute atomic E-state index is 0.00306. The molecule has 0 aromatic rings. The van der Waals surface area contributed by atoms with Crippen molar-refractivity contribution in [2.45, 2.75) is 83.5 Å². The van der Waals surface area contributed by atoms with E-state index in [1.807, 2.05) is 20.8 Å². The molecule has 4 bridgehead atoms. The lowest BCUT2D eigenvalue weighted by Gasteiger charge is -2.58. The first kappa shape index (κ1) is 19.0. The van der Waals surface area contributed by atoms with Gasteiger partial charge in [0.15, 0.2) is 0 Å². The van der Waals surface area contributed by atoms with Crippen LogP contribution in [-0.2, 0) is 9.53 Å². The van der Waals surface area contributed by atoms with Crippen molar-refractivity contribution in [2.75, 3.05) is 13.1 Å². The molecule has 152 valence electrons. The van der Waals surface area contributed by atoms with E-state index in [-0.39, 0.29) is 29.6 Å². The summed E-state index contributed by atoms with van der Waals surface area (Å²) in [6.45, 7) is 6.82. The summed E-state index contributed by atoms with van der Waals surface area (Å²) >= 11 is 0. The summed E-state index contributed by atoms with van der Waals surface area (Å²) in [7, 11) is 0. The van der Waals surface area contributed by atoms with Gasteiger partial charge in [-0.3, -0.25) is 4.79 Å². The lowest BCUT2D eigenvalue weighted by atomic mass is 9.48. The van der Waals surface area contributed by atoms with Gasteiger partial charge in [-0.15, -0.1) is 0 Å². The van der Waals surface area contributed by atoms with Crippen LogP contribution in [0.15, 0.2) is 0 Å². The lowest BCUT2D eigenvalue weighted by Crippen LogP contribution is -2.60. The highest BCUT2D eigenvalue weighted by atomic mass is 16.6. The van der Waals surface area contributed by atoms with Gasteiger partial charge in [-0.05, 0) is 83.5 Å². The molecule has 4 aliphatic carbocycles. The van der Waals surface area contributed by atoms with Crippen molar-refractivity contribution in [1.82, 2.24) is 10.2 Å². The molecular weight excluding hydrogens is 344 g/mol. The van der Waals surface area contributed by atoms with Crippen LogP contribution in [0, 0.1) is 23.2 Å². The zero-order valence-corrected chi connectivity index (χ0v) is 16.9. The third kappa shape index (κ3) is 3.69. The van der Waals surface area contributed by atoms with Gasteiger partial charge in [-0.2, -0.15) is 0 Å². The molecule has 1 saturated heterocycles. The summed E-state index contributed by atoms with van der Waals surface area (Å²) in [4.78, 5) is 27.3. The molecule has 0 aromatic carbocycles. The maximum Gasteiger partial charge on any atom is 0.410 e. The Morgan fingerprint density at radius 2 is 1.81 bits per heavy atom. The maximum absolute atomic E-state index is 13.2. The van der Waals surface area contributed by atoms with E-state index in [0.717, 1.165) is 44.9 Å². The number of nitrogens with zero attached hydrogens (tertiary/aromatic N) is 1. The Morgan fingerprint density at radius 1 is 1.15 bits per heavy atom. The fraction of sp³-hybridized carbons (Fsp3) is 0.905. The van der Waals surface area contributed by atoms with Crippen molar-refractivity contribution >= 4 is 12.0 Å². The van der Waals surface area contributed by atoms with Gasteiger partial charge in [-0.25, -0.2) is 4.79 Å². The highest BCUT2D eigenvalue weighted by molar-refractivity contribution is 5.83. The zero-order chi connectivity index (χ0) is 19.4. The number of carbonyl (C=O) groups excluding carboxylic acids is 2. The summed E-state index contributed by atoms with van der Waals surface area (Å²) in [5, 5.41) is 13.7. The Hall–Kier alpha value is -1.30. The van der Waals surface area contributed by atoms with E-state index in [1.54, 1.807) is 4.90 Å². The molecular formula is C21H34N2O4. The summed E-state index contributed by atoms with van der Waals surface area (Å²) in [5.74, 6) is 1.35. The third-order valence-electron chi connectivity index (χ3n) is 7.11. The predicted octanol–water partition coefficient (Wildman–Crippen LogP) is 2.69. The van der Waals surface area contributed by atoms with E-state index in [0.29, 0.717) is 30.8 Å². The number of amides is 2. The Kier molecular flexibility index (Phi) is 4.68. The third-order valence-corrected chi connectivity index (χ3v) is 7.11. The monoisotopic (exact) mass is 378 g/mol. The zero-order valence-electron chi connectivity index (χ0n) is 16.9. The van der Waals surface area contributed by atoms with E-state index < -0.39 is 5.60 Å². The Balaban J connectivity index is 1.38. The Labute approximate surface area is 162 Å².